The van der Waals surface area contributed by atoms with Crippen LogP contribution in [0.25, 0.3) is 0 Å². The molecule has 200 valence electrons. The van der Waals surface area contributed by atoms with Gasteiger partial charge >= 0.3 is 220 Å². The number of aliphatic hydroxyl groups is 2. The third kappa shape index (κ3) is 10.2. The van der Waals surface area contributed by atoms with E-state index in [4.69, 9.17) is 5.73 Å². The van der Waals surface area contributed by atoms with Crippen LogP contribution in [-0.2, 0) is 38.5 Å². The van der Waals surface area contributed by atoms with Crippen molar-refractivity contribution in [2.75, 3.05) is 19.4 Å². The van der Waals surface area contributed by atoms with E-state index in [0.717, 1.165) is 11.8 Å². The Morgan fingerprint density at radius 2 is 1.86 bits per heavy atom. The number of aliphatic carboxylic acids is 1. The van der Waals surface area contributed by atoms with Gasteiger partial charge in [0.1, 0.15) is 0 Å². The van der Waals surface area contributed by atoms with Crippen LogP contribution in [0.5, 0.6) is 0 Å². The zero-order valence-electron chi connectivity index (χ0n) is 19.9. The second-order valence-corrected chi connectivity index (χ2v) is 10.5. The van der Waals surface area contributed by atoms with Gasteiger partial charge in [-0.25, -0.2) is 0 Å². The number of rotatable bonds is 7. The Morgan fingerprint density at radius 3 is 2.37 bits per heavy atom. The Kier molecular flexibility index (Phi) is 14.1. The summed E-state index contributed by atoms with van der Waals surface area (Å²) < 4.78 is 0.505. The SMILES string of the molecule is CCCC1N[C](=[Mo])C(CC(N)=O)NC(O)[C@H](C)NC(=O)C(CO)NC(=O)[C@@H](NC)CSC1C(=O)O. The third-order valence-electron chi connectivity index (χ3n) is 5.40. The molecule has 0 radical (unpaired) electrons. The van der Waals surface area contributed by atoms with Crippen molar-refractivity contribution in [3.8, 4) is 0 Å². The summed E-state index contributed by atoms with van der Waals surface area (Å²) in [5.74, 6) is -2.94. The van der Waals surface area contributed by atoms with Crippen LogP contribution >= 0.6 is 11.8 Å². The van der Waals surface area contributed by atoms with Gasteiger partial charge in [-0.15, -0.1) is 0 Å². The van der Waals surface area contributed by atoms with Crippen molar-refractivity contribution in [2.45, 2.75) is 74.8 Å². The van der Waals surface area contributed by atoms with Crippen molar-refractivity contribution in [1.82, 2.24) is 26.6 Å². The molecule has 1 rings (SSSR count). The monoisotopic (exact) mass is 602 g/mol. The first-order chi connectivity index (χ1) is 16.4. The molecule has 15 heteroatoms. The Hall–Kier alpha value is -1.41. The number of carbonyl (C=O) groups excluding carboxylic acids is 3. The van der Waals surface area contributed by atoms with Gasteiger partial charge in [0.2, 0.25) is 0 Å². The summed E-state index contributed by atoms with van der Waals surface area (Å²) in [7, 11) is 1.53. The number of carbonyl (C=O) groups is 4. The number of nitrogens with one attached hydrogen (secondary N) is 5. The number of aliphatic hydroxyl groups excluding tert-OH is 2. The number of hydrogen-bond donors (Lipinski definition) is 9. The second kappa shape index (κ2) is 15.6. The molecule has 3 amide bonds. The molecule has 0 saturated carbocycles. The fraction of sp³-hybridized carbons (Fsp3) is 0.750. The van der Waals surface area contributed by atoms with E-state index >= 15 is 0 Å². The molecule has 0 aromatic carbocycles. The minimum absolute atomic E-state index is 0.0823. The predicted octanol–water partition coefficient (Wildman–Crippen LogP) is -3.66. The van der Waals surface area contributed by atoms with Gasteiger partial charge in [-0.2, -0.15) is 0 Å². The van der Waals surface area contributed by atoms with E-state index in [2.05, 4.69) is 26.6 Å². The van der Waals surface area contributed by atoms with E-state index in [-0.39, 0.29) is 12.2 Å². The number of hydrogen-bond acceptors (Lipinski definition) is 10. The number of amides is 3. The standard InChI is InChI=1S/C20H36N6O7S.Mo/c1-4-5-12-16(20(32)33)34-9-14(22-3)19(31)26-13(8-27)18(30)24-10(2)17(29)25-11(7-23-12)6-15(21)28;/h10-14,16-17,22-23,25,27,29H,4-6,8-9H2,1-3H3,(H2,21,28)(H,24,30)(H,26,31)(H,32,33);/t10-,11?,12?,13?,14-,16?,17?;/m0./s1. The van der Waals surface area contributed by atoms with Crippen LogP contribution in [0.15, 0.2) is 0 Å². The van der Waals surface area contributed by atoms with Crippen molar-refractivity contribution >= 4 is 39.5 Å². The molecular formula is C20H36MoN6O7S. The van der Waals surface area contributed by atoms with Crippen LogP contribution in [0.4, 0.5) is 0 Å². The van der Waals surface area contributed by atoms with Gasteiger partial charge in [0.25, 0.3) is 0 Å². The zero-order chi connectivity index (χ0) is 26.7. The fourth-order valence-corrected chi connectivity index (χ4v) is 5.43. The van der Waals surface area contributed by atoms with Crippen LogP contribution in [0.1, 0.15) is 33.1 Å². The van der Waals surface area contributed by atoms with E-state index < -0.39 is 72.0 Å². The molecule has 1 aliphatic rings. The normalized spacial score (nSPS) is 31.9. The molecule has 1 fully saturated rings. The summed E-state index contributed by atoms with van der Waals surface area (Å²) in [6, 6.07) is -4.30. The van der Waals surface area contributed by atoms with Gasteiger partial charge in [-0.3, -0.25) is 0 Å². The number of primary amides is 1. The number of nitrogens with two attached hydrogens (primary N) is 1. The summed E-state index contributed by atoms with van der Waals surface area (Å²) in [6.07, 6.45) is -0.349. The molecule has 0 spiro atoms. The molecule has 0 aromatic rings. The Morgan fingerprint density at radius 1 is 1.20 bits per heavy atom. The predicted molar refractivity (Wildman–Crippen MR) is 127 cm³/mol. The van der Waals surface area contributed by atoms with Gasteiger partial charge in [-0.05, 0) is 0 Å². The van der Waals surface area contributed by atoms with Crippen LogP contribution in [0.2, 0.25) is 0 Å². The van der Waals surface area contributed by atoms with E-state index in [0.29, 0.717) is 16.9 Å². The maximum atomic E-state index is 12.7. The Labute approximate surface area is 219 Å². The summed E-state index contributed by atoms with van der Waals surface area (Å²) in [6.45, 7) is 2.73. The van der Waals surface area contributed by atoms with Crippen LogP contribution < -0.4 is 32.3 Å². The van der Waals surface area contributed by atoms with Crippen molar-refractivity contribution in [2.24, 2.45) is 5.73 Å². The van der Waals surface area contributed by atoms with Crippen molar-refractivity contribution in [1.29, 1.82) is 0 Å². The topological polar surface area (TPSA) is 215 Å². The molecule has 1 aliphatic heterocycles. The molecule has 0 aliphatic carbocycles. The molecule has 0 bridgehead atoms. The van der Waals surface area contributed by atoms with E-state index in [1.54, 1.807) is 19.4 Å². The number of carboxylic acid groups (broad SMARTS) is 1. The molecule has 35 heavy (non-hydrogen) atoms. The van der Waals surface area contributed by atoms with Crippen molar-refractivity contribution in [3.63, 3.8) is 0 Å². The van der Waals surface area contributed by atoms with Gasteiger partial charge in [-0.1, -0.05) is 0 Å². The summed E-state index contributed by atoms with van der Waals surface area (Å²) in [5, 5.41) is 43.1. The average Bonchev–Trinajstić information content (AvgIpc) is 2.78. The second-order valence-electron chi connectivity index (χ2n) is 8.21. The molecule has 5 unspecified atom stereocenters. The molecule has 1 saturated heterocycles. The molecule has 13 nitrogen and oxygen atoms in total. The summed E-state index contributed by atoms with van der Waals surface area (Å²) >= 11 is 2.63. The Bertz CT molecular complexity index is 776. The molecule has 7 atom stereocenters. The molecule has 10 N–H and O–H groups in total. The summed E-state index contributed by atoms with van der Waals surface area (Å²) in [4.78, 5) is 49.2. The first-order valence-electron chi connectivity index (χ1n) is 11.2. The minimum atomic E-state index is -1.33. The quantitative estimate of drug-likeness (QED) is 0.130. The number of likely N-dealkylation sites (N-methyl/N-ethyl adjacent to an activating group) is 1. The van der Waals surface area contributed by atoms with Crippen LogP contribution in [0.3, 0.4) is 0 Å². The van der Waals surface area contributed by atoms with Crippen LogP contribution in [-0.4, -0.2) is 104 Å². The summed E-state index contributed by atoms with van der Waals surface area (Å²) in [5.41, 5.74) is 5.39. The van der Waals surface area contributed by atoms with Gasteiger partial charge in [0.05, 0.1) is 0 Å². The van der Waals surface area contributed by atoms with E-state index in [1.165, 1.54) is 14.0 Å². The van der Waals surface area contributed by atoms with E-state index in [1.807, 2.05) is 6.92 Å². The molecular weight excluding hydrogens is 564 g/mol. The first-order valence-corrected chi connectivity index (χ1v) is 13.3. The molecule has 0 aromatic heterocycles. The van der Waals surface area contributed by atoms with Crippen LogP contribution in [0, 0.1) is 0 Å². The van der Waals surface area contributed by atoms with Crippen molar-refractivity contribution < 1.29 is 53.9 Å². The Balaban J connectivity index is 3.38. The first kappa shape index (κ1) is 31.6. The van der Waals surface area contributed by atoms with Gasteiger partial charge < -0.3 is 0 Å². The molecule has 1 heterocycles. The van der Waals surface area contributed by atoms with Gasteiger partial charge in [0, 0.05) is 0 Å². The number of thioether (sulfide) groups is 1. The zero-order valence-corrected chi connectivity index (χ0v) is 22.8. The van der Waals surface area contributed by atoms with Gasteiger partial charge in [0.15, 0.2) is 0 Å². The number of carboxylic acids is 1. The average molecular weight is 601 g/mol. The third-order valence-corrected chi connectivity index (χ3v) is 7.80. The fourth-order valence-electron chi connectivity index (χ4n) is 3.39. The maximum absolute atomic E-state index is 12.7. The van der Waals surface area contributed by atoms with E-state index in [9.17, 15) is 34.5 Å². The van der Waals surface area contributed by atoms with Crippen molar-refractivity contribution in [3.05, 3.63) is 0 Å².